The second-order valence-corrected chi connectivity index (χ2v) is 9.84. The van der Waals surface area contributed by atoms with E-state index in [1.807, 2.05) is 70.0 Å². The van der Waals surface area contributed by atoms with Crippen LogP contribution in [0.4, 0.5) is 0 Å². The maximum Gasteiger partial charge on any atom is 0.254 e. The predicted molar refractivity (Wildman–Crippen MR) is 136 cm³/mol. The van der Waals surface area contributed by atoms with Gasteiger partial charge in [0, 0.05) is 69.0 Å². The van der Waals surface area contributed by atoms with Crippen LogP contribution in [0, 0.1) is 18.8 Å². The van der Waals surface area contributed by atoms with Crippen LogP contribution in [0.3, 0.4) is 0 Å². The Morgan fingerprint density at radius 1 is 0.971 bits per heavy atom. The van der Waals surface area contributed by atoms with Crippen LogP contribution in [0.25, 0.3) is 0 Å². The van der Waals surface area contributed by atoms with Gasteiger partial charge in [0.15, 0.2) is 0 Å². The first-order valence-electron chi connectivity index (χ1n) is 12.4. The van der Waals surface area contributed by atoms with Gasteiger partial charge in [-0.05, 0) is 48.9 Å². The Bertz CT molecular complexity index is 1140. The highest BCUT2D eigenvalue weighted by atomic mass is 16.2. The second-order valence-electron chi connectivity index (χ2n) is 9.84. The van der Waals surface area contributed by atoms with Crippen molar-refractivity contribution >= 4 is 11.8 Å². The van der Waals surface area contributed by atoms with Gasteiger partial charge in [0.2, 0.25) is 5.91 Å². The average Bonchev–Trinajstić information content (AvgIpc) is 3.12. The van der Waals surface area contributed by atoms with Crippen LogP contribution in [-0.4, -0.2) is 62.3 Å². The maximum absolute atomic E-state index is 13.8. The van der Waals surface area contributed by atoms with Crippen LogP contribution in [0.1, 0.15) is 47.7 Å². The van der Waals surface area contributed by atoms with E-state index in [0.29, 0.717) is 50.6 Å². The number of aromatic nitrogens is 3. The molecule has 1 saturated heterocycles. The molecule has 1 aliphatic heterocycles. The zero-order valence-corrected chi connectivity index (χ0v) is 20.9. The van der Waals surface area contributed by atoms with E-state index in [1.165, 1.54) is 0 Å². The molecule has 2 amide bonds. The number of amides is 2. The number of hydrogen-bond donors (Lipinski definition) is 0. The van der Waals surface area contributed by atoms with Crippen molar-refractivity contribution in [3.05, 3.63) is 83.7 Å². The first-order valence-corrected chi connectivity index (χ1v) is 12.4. The summed E-state index contributed by atoms with van der Waals surface area (Å²) in [6.45, 7) is 9.01. The monoisotopic (exact) mass is 473 g/mol. The summed E-state index contributed by atoms with van der Waals surface area (Å²) in [5, 5.41) is 0. The molecule has 3 aromatic rings. The van der Waals surface area contributed by atoms with Crippen molar-refractivity contribution < 1.29 is 9.59 Å². The lowest BCUT2D eigenvalue weighted by atomic mass is 10.00. The molecule has 7 nitrogen and oxygen atoms in total. The number of carbonyl (C=O) groups excluding carboxylic acids is 2. The van der Waals surface area contributed by atoms with Gasteiger partial charge in [-0.2, -0.15) is 0 Å². The Morgan fingerprint density at radius 3 is 2.43 bits per heavy atom. The number of aryl methyl sites for hydroxylation is 1. The molecule has 1 aliphatic rings. The van der Waals surface area contributed by atoms with Crippen molar-refractivity contribution in [2.75, 3.05) is 26.2 Å². The molecule has 0 N–H and O–H groups in total. The molecule has 4 rings (SSSR count). The fraction of sp³-hybridized carbons (Fsp3) is 0.429. The molecule has 0 radical (unpaired) electrons. The highest BCUT2D eigenvalue weighted by Gasteiger charge is 2.30. The van der Waals surface area contributed by atoms with Gasteiger partial charge in [0.25, 0.3) is 5.91 Å². The third-order valence-corrected chi connectivity index (χ3v) is 6.56. The lowest BCUT2D eigenvalue weighted by Crippen LogP contribution is -2.38. The smallest absolute Gasteiger partial charge is 0.254 e. The van der Waals surface area contributed by atoms with E-state index < -0.39 is 0 Å². The predicted octanol–water partition coefficient (Wildman–Crippen LogP) is 3.82. The molecule has 2 aromatic heterocycles. The van der Waals surface area contributed by atoms with E-state index in [4.69, 9.17) is 0 Å². The summed E-state index contributed by atoms with van der Waals surface area (Å²) in [6.07, 6.45) is 6.76. The van der Waals surface area contributed by atoms with Crippen LogP contribution >= 0.6 is 0 Å². The minimum atomic E-state index is 0.0162. The number of nitrogens with zero attached hydrogens (tertiary/aromatic N) is 5. The van der Waals surface area contributed by atoms with Gasteiger partial charge in [0.1, 0.15) is 5.82 Å². The molecular weight excluding hydrogens is 438 g/mol. The summed E-state index contributed by atoms with van der Waals surface area (Å²) >= 11 is 0. The second kappa shape index (κ2) is 11.3. The van der Waals surface area contributed by atoms with E-state index in [0.717, 1.165) is 23.5 Å². The number of pyridine rings is 1. The highest BCUT2D eigenvalue weighted by molar-refractivity contribution is 5.95. The van der Waals surface area contributed by atoms with Crippen LogP contribution in [0.15, 0.2) is 61.1 Å². The molecule has 1 fully saturated rings. The Morgan fingerprint density at radius 2 is 1.71 bits per heavy atom. The van der Waals surface area contributed by atoms with Crippen molar-refractivity contribution in [2.24, 2.45) is 11.8 Å². The summed E-state index contributed by atoms with van der Waals surface area (Å²) in [6, 6.07) is 13.7. The summed E-state index contributed by atoms with van der Waals surface area (Å²) in [7, 11) is 0. The van der Waals surface area contributed by atoms with Crippen molar-refractivity contribution in [3.63, 3.8) is 0 Å². The van der Waals surface area contributed by atoms with Gasteiger partial charge < -0.3 is 14.4 Å². The topological polar surface area (TPSA) is 71.3 Å². The third-order valence-electron chi connectivity index (χ3n) is 6.56. The van der Waals surface area contributed by atoms with Crippen LogP contribution in [0.2, 0.25) is 0 Å². The molecule has 0 saturated carbocycles. The first kappa shape index (κ1) is 24.6. The van der Waals surface area contributed by atoms with Crippen molar-refractivity contribution in [1.82, 2.24) is 24.3 Å². The summed E-state index contributed by atoms with van der Waals surface area (Å²) < 4.78 is 2.05. The molecule has 0 aliphatic carbocycles. The molecule has 184 valence electrons. The Balaban J connectivity index is 1.57. The van der Waals surface area contributed by atoms with Gasteiger partial charge >= 0.3 is 0 Å². The van der Waals surface area contributed by atoms with E-state index in [1.54, 1.807) is 12.4 Å². The minimum Gasteiger partial charge on any atom is -0.341 e. The number of carbonyl (C=O) groups is 2. The summed E-state index contributed by atoms with van der Waals surface area (Å²) in [4.78, 5) is 39.5. The van der Waals surface area contributed by atoms with Crippen molar-refractivity contribution in [1.29, 1.82) is 0 Å². The molecule has 0 bridgehead atoms. The number of rotatable bonds is 7. The van der Waals surface area contributed by atoms with E-state index in [9.17, 15) is 9.59 Å². The zero-order valence-electron chi connectivity index (χ0n) is 20.9. The van der Waals surface area contributed by atoms with Gasteiger partial charge in [-0.15, -0.1) is 0 Å². The normalized spacial score (nSPS) is 16.4. The Labute approximate surface area is 207 Å². The molecule has 1 aromatic carbocycles. The van der Waals surface area contributed by atoms with E-state index in [2.05, 4.69) is 23.8 Å². The lowest BCUT2D eigenvalue weighted by molar-refractivity contribution is -0.132. The fourth-order valence-electron chi connectivity index (χ4n) is 4.73. The van der Waals surface area contributed by atoms with Gasteiger partial charge in [-0.1, -0.05) is 38.1 Å². The van der Waals surface area contributed by atoms with Crippen molar-refractivity contribution in [3.8, 4) is 0 Å². The van der Waals surface area contributed by atoms with Gasteiger partial charge in [-0.25, -0.2) is 4.98 Å². The molecule has 3 heterocycles. The quantitative estimate of drug-likeness (QED) is 0.523. The lowest BCUT2D eigenvalue weighted by Gasteiger charge is -2.25. The van der Waals surface area contributed by atoms with Crippen molar-refractivity contribution in [2.45, 2.75) is 40.2 Å². The number of imidazole rings is 1. The minimum absolute atomic E-state index is 0.0162. The maximum atomic E-state index is 13.8. The molecule has 0 spiro atoms. The molecule has 35 heavy (non-hydrogen) atoms. The molecule has 0 unspecified atom stereocenters. The third kappa shape index (κ3) is 6.35. The zero-order chi connectivity index (χ0) is 24.8. The molecule has 1 atom stereocenters. The Hall–Kier alpha value is -3.48. The Kier molecular flexibility index (Phi) is 7.95. The van der Waals surface area contributed by atoms with Crippen LogP contribution < -0.4 is 0 Å². The SMILES string of the molecule is Cc1nccn1Cc1ccccc1C(=O)N1CCN(C(=O)CC(C)C)C[C@H](Cc2ccccn2)C1. The van der Waals surface area contributed by atoms with Gasteiger partial charge in [0.05, 0.1) is 0 Å². The highest BCUT2D eigenvalue weighted by Crippen LogP contribution is 2.20. The molecule has 7 heteroatoms. The first-order chi connectivity index (χ1) is 16.9. The van der Waals surface area contributed by atoms with E-state index in [-0.39, 0.29) is 17.7 Å². The summed E-state index contributed by atoms with van der Waals surface area (Å²) in [5.74, 6) is 1.52. The number of hydrogen-bond acceptors (Lipinski definition) is 4. The fourth-order valence-corrected chi connectivity index (χ4v) is 4.73. The van der Waals surface area contributed by atoms with Crippen LogP contribution in [-0.2, 0) is 17.8 Å². The van der Waals surface area contributed by atoms with E-state index >= 15 is 0 Å². The molecular formula is C28H35N5O2. The largest absolute Gasteiger partial charge is 0.341 e. The number of benzene rings is 1. The van der Waals surface area contributed by atoms with Crippen LogP contribution in [0.5, 0.6) is 0 Å². The van der Waals surface area contributed by atoms with Gasteiger partial charge in [-0.3, -0.25) is 14.6 Å². The summed E-state index contributed by atoms with van der Waals surface area (Å²) in [5.41, 5.74) is 2.66. The average molecular weight is 474 g/mol. The standard InChI is InChI=1S/C28H35N5O2/c1-21(2)16-27(34)32-14-15-33(19-23(18-32)17-25-9-6-7-11-30-25)28(35)26-10-5-4-8-24(26)20-31-13-12-29-22(31)3/h4-13,21,23H,14-20H2,1-3H3/t23-/m0/s1.